The van der Waals surface area contributed by atoms with E-state index in [1.807, 2.05) is 25.2 Å². The first-order valence-electron chi connectivity index (χ1n) is 10.9. The molecule has 1 fully saturated rings. The van der Waals surface area contributed by atoms with Gasteiger partial charge in [0, 0.05) is 40.4 Å². The fourth-order valence-corrected chi connectivity index (χ4v) is 3.70. The normalized spacial score (nSPS) is 15.2. The molecule has 1 aliphatic rings. The predicted molar refractivity (Wildman–Crippen MR) is 122 cm³/mol. The molecular formula is C25H35N3O2. The number of nitrogens with one attached hydrogen (secondary N) is 1. The van der Waals surface area contributed by atoms with Gasteiger partial charge in [0.25, 0.3) is 0 Å². The summed E-state index contributed by atoms with van der Waals surface area (Å²) < 4.78 is 11.3. The molecule has 0 radical (unpaired) electrons. The zero-order valence-corrected chi connectivity index (χ0v) is 18.3. The van der Waals surface area contributed by atoms with Crippen molar-refractivity contribution in [2.45, 2.75) is 39.0 Å². The van der Waals surface area contributed by atoms with Crippen molar-refractivity contribution in [3.05, 3.63) is 71.3 Å². The summed E-state index contributed by atoms with van der Waals surface area (Å²) in [5.74, 6) is 1.72. The van der Waals surface area contributed by atoms with E-state index in [9.17, 15) is 0 Å². The fraction of sp³-hybridized carbons (Fsp3) is 0.480. The molecule has 0 atom stereocenters. The molecule has 5 nitrogen and oxygen atoms in total. The van der Waals surface area contributed by atoms with Crippen LogP contribution in [0.1, 0.15) is 36.0 Å². The van der Waals surface area contributed by atoms with Gasteiger partial charge in [0.2, 0.25) is 0 Å². The summed E-state index contributed by atoms with van der Waals surface area (Å²) in [5, 5.41) is 3.48. The van der Waals surface area contributed by atoms with Gasteiger partial charge in [-0.1, -0.05) is 54.6 Å². The molecule has 2 aromatic carbocycles. The van der Waals surface area contributed by atoms with E-state index in [0.29, 0.717) is 13.2 Å². The van der Waals surface area contributed by atoms with Crippen molar-refractivity contribution in [1.82, 2.24) is 10.2 Å². The maximum Gasteiger partial charge on any atom is 0.193 e. The third-order valence-corrected chi connectivity index (χ3v) is 5.64. The molecule has 0 aromatic heterocycles. The Bertz CT molecular complexity index is 756. The summed E-state index contributed by atoms with van der Waals surface area (Å²) in [6, 6.07) is 18.9. The number of benzene rings is 2. The van der Waals surface area contributed by atoms with Crippen LogP contribution in [0.4, 0.5) is 0 Å². The van der Waals surface area contributed by atoms with Crippen molar-refractivity contribution in [3.63, 3.8) is 0 Å². The molecular weight excluding hydrogens is 374 g/mol. The average Bonchev–Trinajstić information content (AvgIpc) is 2.80. The SMILES string of the molecule is CN=C(NCc1ccc(COCc2ccccc2)cc1)N(C)CCC1CCOCC1. The van der Waals surface area contributed by atoms with Crippen LogP contribution in [-0.4, -0.2) is 44.7 Å². The van der Waals surface area contributed by atoms with Crippen LogP contribution >= 0.6 is 0 Å². The van der Waals surface area contributed by atoms with Crippen LogP contribution in [0.25, 0.3) is 0 Å². The Morgan fingerprint density at radius 1 is 1.00 bits per heavy atom. The van der Waals surface area contributed by atoms with E-state index in [2.05, 4.69) is 58.7 Å². The highest BCUT2D eigenvalue weighted by Gasteiger charge is 2.15. The van der Waals surface area contributed by atoms with Crippen molar-refractivity contribution >= 4 is 5.96 Å². The Labute approximate surface area is 181 Å². The monoisotopic (exact) mass is 409 g/mol. The number of hydrogen-bond acceptors (Lipinski definition) is 3. The van der Waals surface area contributed by atoms with Crippen molar-refractivity contribution in [2.24, 2.45) is 10.9 Å². The second kappa shape index (κ2) is 12.4. The fourth-order valence-electron chi connectivity index (χ4n) is 3.70. The van der Waals surface area contributed by atoms with Gasteiger partial charge in [-0.3, -0.25) is 4.99 Å². The van der Waals surface area contributed by atoms with Crippen molar-refractivity contribution in [2.75, 3.05) is 33.9 Å². The van der Waals surface area contributed by atoms with Gasteiger partial charge >= 0.3 is 0 Å². The molecule has 1 heterocycles. The average molecular weight is 410 g/mol. The first-order chi connectivity index (χ1) is 14.7. The summed E-state index contributed by atoms with van der Waals surface area (Å²) in [6.45, 7) is 4.87. The maximum absolute atomic E-state index is 5.82. The molecule has 5 heteroatoms. The second-order valence-electron chi connectivity index (χ2n) is 7.96. The molecule has 1 N–H and O–H groups in total. The first-order valence-corrected chi connectivity index (χ1v) is 10.9. The maximum atomic E-state index is 5.82. The van der Waals surface area contributed by atoms with Gasteiger partial charge in [0.1, 0.15) is 0 Å². The number of ether oxygens (including phenoxy) is 2. The molecule has 30 heavy (non-hydrogen) atoms. The highest BCUT2D eigenvalue weighted by Crippen LogP contribution is 2.18. The summed E-state index contributed by atoms with van der Waals surface area (Å²) in [4.78, 5) is 6.66. The standard InChI is InChI=1S/C25H35N3O2/c1-26-25(28(2)15-12-21-13-16-29-17-14-21)27-18-22-8-10-24(11-9-22)20-30-19-23-6-4-3-5-7-23/h3-11,21H,12-20H2,1-2H3,(H,26,27). The Hall–Kier alpha value is -2.37. The van der Waals surface area contributed by atoms with Gasteiger partial charge in [-0.2, -0.15) is 0 Å². The molecule has 0 aliphatic carbocycles. The van der Waals surface area contributed by atoms with E-state index in [1.54, 1.807) is 0 Å². The molecule has 0 amide bonds. The molecule has 162 valence electrons. The van der Waals surface area contributed by atoms with E-state index >= 15 is 0 Å². The lowest BCUT2D eigenvalue weighted by atomic mass is 9.96. The van der Waals surface area contributed by atoms with Crippen LogP contribution in [0.5, 0.6) is 0 Å². The van der Waals surface area contributed by atoms with E-state index in [1.165, 1.54) is 36.0 Å². The number of guanidine groups is 1. The Morgan fingerprint density at radius 3 is 2.30 bits per heavy atom. The summed E-state index contributed by atoms with van der Waals surface area (Å²) in [7, 11) is 3.96. The van der Waals surface area contributed by atoms with E-state index < -0.39 is 0 Å². The lowest BCUT2D eigenvalue weighted by molar-refractivity contribution is 0.0625. The van der Waals surface area contributed by atoms with E-state index in [0.717, 1.165) is 38.2 Å². The predicted octanol–water partition coefficient (Wildman–Crippen LogP) is 4.23. The van der Waals surface area contributed by atoms with Crippen LogP contribution < -0.4 is 5.32 Å². The first kappa shape index (κ1) is 22.3. The number of nitrogens with zero attached hydrogens (tertiary/aromatic N) is 2. The quantitative estimate of drug-likeness (QED) is 0.497. The van der Waals surface area contributed by atoms with Crippen LogP contribution in [0.2, 0.25) is 0 Å². The molecule has 3 rings (SSSR count). The van der Waals surface area contributed by atoms with Gasteiger partial charge in [-0.25, -0.2) is 0 Å². The highest BCUT2D eigenvalue weighted by molar-refractivity contribution is 5.79. The smallest absolute Gasteiger partial charge is 0.193 e. The Morgan fingerprint density at radius 2 is 1.63 bits per heavy atom. The zero-order valence-electron chi connectivity index (χ0n) is 18.3. The molecule has 0 bridgehead atoms. The van der Waals surface area contributed by atoms with Crippen LogP contribution in [0.15, 0.2) is 59.6 Å². The topological polar surface area (TPSA) is 46.1 Å². The molecule has 1 saturated heterocycles. The summed E-state index contributed by atoms with van der Waals surface area (Å²) in [5.41, 5.74) is 3.62. The summed E-state index contributed by atoms with van der Waals surface area (Å²) in [6.07, 6.45) is 3.56. The van der Waals surface area contributed by atoms with Gasteiger partial charge in [0.15, 0.2) is 5.96 Å². The minimum absolute atomic E-state index is 0.624. The largest absolute Gasteiger partial charge is 0.381 e. The number of hydrogen-bond donors (Lipinski definition) is 1. The zero-order chi connectivity index (χ0) is 21.0. The lowest BCUT2D eigenvalue weighted by Gasteiger charge is -2.26. The third-order valence-electron chi connectivity index (χ3n) is 5.64. The number of rotatable bonds is 9. The van der Waals surface area contributed by atoms with Crippen LogP contribution in [-0.2, 0) is 29.2 Å². The van der Waals surface area contributed by atoms with E-state index in [-0.39, 0.29) is 0 Å². The third kappa shape index (κ3) is 7.47. The Balaban J connectivity index is 1.38. The molecule has 0 spiro atoms. The minimum Gasteiger partial charge on any atom is -0.381 e. The molecule has 2 aromatic rings. The van der Waals surface area contributed by atoms with Crippen LogP contribution in [0, 0.1) is 5.92 Å². The molecule has 0 unspecified atom stereocenters. The van der Waals surface area contributed by atoms with Crippen molar-refractivity contribution in [1.29, 1.82) is 0 Å². The van der Waals surface area contributed by atoms with Crippen molar-refractivity contribution in [3.8, 4) is 0 Å². The minimum atomic E-state index is 0.624. The van der Waals surface area contributed by atoms with Gasteiger partial charge in [-0.05, 0) is 41.9 Å². The number of aliphatic imine (C=N–C) groups is 1. The summed E-state index contributed by atoms with van der Waals surface area (Å²) >= 11 is 0. The van der Waals surface area contributed by atoms with Gasteiger partial charge in [0.05, 0.1) is 13.2 Å². The highest BCUT2D eigenvalue weighted by atomic mass is 16.5. The van der Waals surface area contributed by atoms with Crippen molar-refractivity contribution < 1.29 is 9.47 Å². The Kier molecular flexibility index (Phi) is 9.19. The lowest BCUT2D eigenvalue weighted by Crippen LogP contribution is -2.39. The van der Waals surface area contributed by atoms with Gasteiger partial charge in [-0.15, -0.1) is 0 Å². The van der Waals surface area contributed by atoms with Crippen LogP contribution in [0.3, 0.4) is 0 Å². The molecule has 0 saturated carbocycles. The molecule has 1 aliphatic heterocycles. The van der Waals surface area contributed by atoms with E-state index in [4.69, 9.17) is 9.47 Å². The second-order valence-corrected chi connectivity index (χ2v) is 7.96. The van der Waals surface area contributed by atoms with Gasteiger partial charge < -0.3 is 19.7 Å².